The van der Waals surface area contributed by atoms with Gasteiger partial charge in [0.25, 0.3) is 5.91 Å². The minimum absolute atomic E-state index is 0.145. The molecule has 0 bridgehead atoms. The van der Waals surface area contributed by atoms with Crippen molar-refractivity contribution in [3.05, 3.63) is 53.6 Å². The van der Waals surface area contributed by atoms with Crippen LogP contribution in [-0.4, -0.2) is 74.5 Å². The van der Waals surface area contributed by atoms with Gasteiger partial charge in [0, 0.05) is 56.5 Å². The predicted molar refractivity (Wildman–Crippen MR) is 171 cm³/mol. The van der Waals surface area contributed by atoms with Crippen molar-refractivity contribution in [2.45, 2.75) is 77.3 Å². The summed E-state index contributed by atoms with van der Waals surface area (Å²) < 4.78 is 11.2. The fourth-order valence-corrected chi connectivity index (χ4v) is 5.48. The average Bonchev–Trinajstić information content (AvgIpc) is 3.37. The fraction of sp³-hybridized carbons (Fsp3) is 0.529. The van der Waals surface area contributed by atoms with Crippen molar-refractivity contribution in [2.75, 3.05) is 44.9 Å². The number of carbonyl (C=O) groups excluding carboxylic acids is 4. The molecular formula is C34H45N5O6. The number of hydrogen-bond donors (Lipinski definition) is 1. The second-order valence-electron chi connectivity index (χ2n) is 11.6. The molecule has 2 heterocycles. The van der Waals surface area contributed by atoms with Crippen LogP contribution in [0, 0.1) is 0 Å². The number of piperidine rings is 1. The van der Waals surface area contributed by atoms with Gasteiger partial charge in [-0.2, -0.15) is 10.2 Å². The highest BCUT2D eigenvalue weighted by atomic mass is 16.5. The van der Waals surface area contributed by atoms with Gasteiger partial charge in [-0.15, -0.1) is 0 Å². The van der Waals surface area contributed by atoms with Crippen molar-refractivity contribution in [1.82, 2.24) is 10.2 Å². The SMILES string of the molecule is CCCCCCCOCCOCCCC(=O)CN(C)c1ccc(N=Nc2cccc3c2CN(C2CCC(=O)NC2=O)C3=O)cc1. The Morgan fingerprint density at radius 1 is 0.933 bits per heavy atom. The van der Waals surface area contributed by atoms with Gasteiger partial charge in [-0.1, -0.05) is 38.7 Å². The molecule has 0 aliphatic carbocycles. The third kappa shape index (κ3) is 10.0. The number of rotatable bonds is 19. The average molecular weight is 620 g/mol. The molecule has 2 aliphatic heterocycles. The molecule has 11 nitrogen and oxygen atoms in total. The Balaban J connectivity index is 1.18. The second kappa shape index (κ2) is 17.5. The van der Waals surface area contributed by atoms with Crippen LogP contribution in [0.15, 0.2) is 52.7 Å². The van der Waals surface area contributed by atoms with Gasteiger partial charge in [-0.25, -0.2) is 0 Å². The standard InChI is InChI=1S/C34H45N5O6/c1-3-4-5-6-7-19-44-21-22-45-20-9-10-27(40)23-38(2)26-15-13-25(14-16-26)36-37-30-12-8-11-28-29(30)24-39(34(28)43)31-17-18-32(41)35-33(31)42/h8,11-16,31H,3-7,9-10,17-24H2,1-2H3,(H,35,41,42). The van der Waals surface area contributed by atoms with Crippen molar-refractivity contribution < 1.29 is 28.7 Å². The first-order valence-corrected chi connectivity index (χ1v) is 16.0. The number of ketones is 1. The van der Waals surface area contributed by atoms with Gasteiger partial charge >= 0.3 is 0 Å². The molecule has 11 heteroatoms. The lowest BCUT2D eigenvalue weighted by Crippen LogP contribution is -2.52. The van der Waals surface area contributed by atoms with Gasteiger partial charge in [0.1, 0.15) is 6.04 Å². The van der Waals surface area contributed by atoms with E-state index in [2.05, 4.69) is 22.5 Å². The number of fused-ring (bicyclic) bond motifs is 1. The number of unbranched alkanes of at least 4 members (excludes halogenated alkanes) is 4. The number of benzene rings is 2. The molecule has 1 saturated heterocycles. The molecule has 1 atom stereocenters. The zero-order chi connectivity index (χ0) is 32.0. The van der Waals surface area contributed by atoms with Gasteiger partial charge in [0.2, 0.25) is 11.8 Å². The van der Waals surface area contributed by atoms with E-state index in [4.69, 9.17) is 9.47 Å². The molecule has 0 radical (unpaired) electrons. The summed E-state index contributed by atoms with van der Waals surface area (Å²) in [5.74, 6) is -0.873. The van der Waals surface area contributed by atoms with Crippen LogP contribution >= 0.6 is 0 Å². The van der Waals surface area contributed by atoms with Gasteiger partial charge in [-0.05, 0) is 55.7 Å². The van der Waals surface area contributed by atoms with E-state index in [1.807, 2.05) is 36.2 Å². The monoisotopic (exact) mass is 619 g/mol. The Labute approximate surface area is 265 Å². The third-order valence-electron chi connectivity index (χ3n) is 8.04. The molecule has 1 unspecified atom stereocenters. The van der Waals surface area contributed by atoms with Crippen molar-refractivity contribution >= 4 is 40.6 Å². The molecule has 242 valence electrons. The number of ether oxygens (including phenoxy) is 2. The summed E-state index contributed by atoms with van der Waals surface area (Å²) in [6, 6.07) is 12.0. The van der Waals surface area contributed by atoms with Crippen LogP contribution in [0.4, 0.5) is 17.1 Å². The normalized spacial score (nSPS) is 16.4. The number of nitrogens with one attached hydrogen (secondary N) is 1. The van der Waals surface area contributed by atoms with Crippen molar-refractivity contribution in [2.24, 2.45) is 10.2 Å². The summed E-state index contributed by atoms with van der Waals surface area (Å²) in [6.45, 7) is 5.22. The number of carbonyl (C=O) groups is 4. The molecule has 0 spiro atoms. The van der Waals surface area contributed by atoms with Crippen LogP contribution in [0.1, 0.15) is 80.6 Å². The highest BCUT2D eigenvalue weighted by Gasteiger charge is 2.39. The van der Waals surface area contributed by atoms with Gasteiger partial charge in [-0.3, -0.25) is 24.5 Å². The highest BCUT2D eigenvalue weighted by Crippen LogP contribution is 2.34. The molecule has 45 heavy (non-hydrogen) atoms. The van der Waals surface area contributed by atoms with E-state index in [1.165, 1.54) is 30.6 Å². The zero-order valence-corrected chi connectivity index (χ0v) is 26.5. The first-order chi connectivity index (χ1) is 21.9. The van der Waals surface area contributed by atoms with Crippen molar-refractivity contribution in [3.63, 3.8) is 0 Å². The quantitative estimate of drug-likeness (QED) is 0.122. The van der Waals surface area contributed by atoms with E-state index in [1.54, 1.807) is 18.2 Å². The van der Waals surface area contributed by atoms with Crippen LogP contribution < -0.4 is 10.2 Å². The molecule has 2 aliphatic rings. The number of likely N-dealkylation sites (N-methyl/N-ethyl adjacent to an activating group) is 1. The van der Waals surface area contributed by atoms with Gasteiger partial charge in [0.05, 0.1) is 31.1 Å². The van der Waals surface area contributed by atoms with Crippen LogP contribution in [0.25, 0.3) is 0 Å². The highest BCUT2D eigenvalue weighted by molar-refractivity contribution is 6.06. The lowest BCUT2D eigenvalue weighted by molar-refractivity contribution is -0.137. The Morgan fingerprint density at radius 2 is 1.67 bits per heavy atom. The number of nitrogens with zero attached hydrogens (tertiary/aromatic N) is 4. The molecule has 0 aromatic heterocycles. The molecule has 2 aromatic rings. The summed E-state index contributed by atoms with van der Waals surface area (Å²) in [6.07, 6.45) is 7.77. The smallest absolute Gasteiger partial charge is 0.255 e. The van der Waals surface area contributed by atoms with E-state index in [-0.39, 0.29) is 30.6 Å². The lowest BCUT2D eigenvalue weighted by Gasteiger charge is -2.29. The topological polar surface area (TPSA) is 130 Å². The number of imide groups is 1. The second-order valence-corrected chi connectivity index (χ2v) is 11.6. The Bertz CT molecular complexity index is 1350. The van der Waals surface area contributed by atoms with Crippen molar-refractivity contribution in [3.8, 4) is 0 Å². The summed E-state index contributed by atoms with van der Waals surface area (Å²) in [5.41, 5.74) is 3.26. The first kappa shape index (κ1) is 33.9. The first-order valence-electron chi connectivity index (χ1n) is 16.0. The molecule has 3 amide bonds. The van der Waals surface area contributed by atoms with Gasteiger partial charge < -0.3 is 19.3 Å². The summed E-state index contributed by atoms with van der Waals surface area (Å²) >= 11 is 0. The molecular weight excluding hydrogens is 574 g/mol. The lowest BCUT2D eigenvalue weighted by atomic mass is 10.0. The molecule has 1 N–H and O–H groups in total. The number of anilines is 1. The molecule has 0 saturated carbocycles. The third-order valence-corrected chi connectivity index (χ3v) is 8.04. The number of azo groups is 1. The minimum Gasteiger partial charge on any atom is -0.379 e. The Hall–Kier alpha value is -3.96. The van der Waals surface area contributed by atoms with E-state index in [9.17, 15) is 19.2 Å². The fourth-order valence-electron chi connectivity index (χ4n) is 5.48. The number of Topliss-reactive ketones (excluding diaryl/α,β-unsaturated/α-hetero) is 1. The van der Waals surface area contributed by atoms with Crippen LogP contribution in [0.2, 0.25) is 0 Å². The summed E-state index contributed by atoms with van der Waals surface area (Å²) in [7, 11) is 1.88. The van der Waals surface area contributed by atoms with Crippen LogP contribution in [0.3, 0.4) is 0 Å². The van der Waals surface area contributed by atoms with E-state index >= 15 is 0 Å². The molecule has 4 rings (SSSR count). The van der Waals surface area contributed by atoms with Gasteiger partial charge in [0.15, 0.2) is 5.78 Å². The van der Waals surface area contributed by atoms with Crippen LogP contribution in [0.5, 0.6) is 0 Å². The largest absolute Gasteiger partial charge is 0.379 e. The van der Waals surface area contributed by atoms with Crippen molar-refractivity contribution in [1.29, 1.82) is 0 Å². The van der Waals surface area contributed by atoms with E-state index in [0.29, 0.717) is 68.1 Å². The molecule has 1 fully saturated rings. The van der Waals surface area contributed by atoms with E-state index in [0.717, 1.165) is 18.7 Å². The van der Waals surface area contributed by atoms with Crippen LogP contribution in [-0.2, 0) is 30.4 Å². The van der Waals surface area contributed by atoms with E-state index < -0.39 is 11.9 Å². The predicted octanol–water partition coefficient (Wildman–Crippen LogP) is 5.65. The Morgan fingerprint density at radius 3 is 2.40 bits per heavy atom. The summed E-state index contributed by atoms with van der Waals surface area (Å²) in [5, 5.41) is 11.1. The number of amides is 3. The molecule has 2 aromatic carbocycles. The minimum atomic E-state index is -0.684. The summed E-state index contributed by atoms with van der Waals surface area (Å²) in [4.78, 5) is 52.8. The number of hydrogen-bond acceptors (Lipinski definition) is 9. The zero-order valence-electron chi connectivity index (χ0n) is 26.5. The maximum absolute atomic E-state index is 13.0. The Kier molecular flexibility index (Phi) is 13.2. The maximum Gasteiger partial charge on any atom is 0.255 e. The maximum atomic E-state index is 13.0.